The number of ether oxygens (including phenoxy) is 1. The Labute approximate surface area is 67.9 Å². The summed E-state index contributed by atoms with van der Waals surface area (Å²) in [7, 11) is 3.53. The van der Waals surface area contributed by atoms with Gasteiger partial charge in [-0.2, -0.15) is 0 Å². The summed E-state index contributed by atoms with van der Waals surface area (Å²) in [6.45, 7) is 0.279. The van der Waals surface area contributed by atoms with Crippen molar-refractivity contribution >= 4 is 21.1 Å². The maximum atomic E-state index is 10.8. The first-order valence-electron chi connectivity index (χ1n) is 3.22. The lowest BCUT2D eigenvalue weighted by molar-refractivity contribution is -0.141. The molecule has 0 fully saturated rings. The number of esters is 1. The second-order valence-corrected chi connectivity index (χ2v) is 2.40. The van der Waals surface area contributed by atoms with E-state index in [0.29, 0.717) is 0 Å². The van der Waals surface area contributed by atoms with E-state index in [1.807, 2.05) is 0 Å². The molecule has 0 aliphatic carbocycles. The van der Waals surface area contributed by atoms with Gasteiger partial charge in [0.1, 0.15) is 5.78 Å². The van der Waals surface area contributed by atoms with E-state index in [9.17, 15) is 9.59 Å². The van der Waals surface area contributed by atoms with Crippen molar-refractivity contribution in [2.24, 2.45) is 0 Å². The number of ketones is 1. The molecule has 1 atom stereocenters. The minimum Gasteiger partial charge on any atom is -0.469 e. The van der Waals surface area contributed by atoms with Crippen molar-refractivity contribution in [2.75, 3.05) is 13.7 Å². The minimum atomic E-state index is -0.345. The molecular weight excluding hydrogens is 165 g/mol. The van der Waals surface area contributed by atoms with Gasteiger partial charge in [-0.3, -0.25) is 14.7 Å². The fraction of sp³-hybridized carbons (Fsp3) is 0.667. The number of carbonyl (C=O) groups is 2. The maximum Gasteiger partial charge on any atom is 0.305 e. The van der Waals surface area contributed by atoms with E-state index in [2.05, 4.69) is 19.2 Å². The van der Waals surface area contributed by atoms with E-state index in [1.165, 1.54) is 7.11 Å². The number of Topliss-reactive ketones (excluding diaryl/α,β-unsaturated/α-hetero) is 1. The van der Waals surface area contributed by atoms with Gasteiger partial charge in [-0.25, -0.2) is 0 Å². The van der Waals surface area contributed by atoms with E-state index in [-0.39, 0.29) is 31.1 Å². The number of hydrogen-bond acceptors (Lipinski definition) is 4. The Balaban J connectivity index is 3.38. The second-order valence-electron chi connectivity index (χ2n) is 2.00. The highest BCUT2D eigenvalue weighted by atomic mass is 31.0. The van der Waals surface area contributed by atoms with Crippen molar-refractivity contribution in [3.8, 4) is 0 Å². The average Bonchev–Trinajstić information content (AvgIpc) is 2.01. The molecule has 0 rings (SSSR count). The molecule has 11 heavy (non-hydrogen) atoms. The first-order valence-corrected chi connectivity index (χ1v) is 3.80. The molecule has 0 aliphatic rings. The minimum absolute atomic E-state index is 0.00500. The van der Waals surface area contributed by atoms with Gasteiger partial charge in [0.25, 0.3) is 0 Å². The molecule has 0 aliphatic heterocycles. The van der Waals surface area contributed by atoms with Crippen molar-refractivity contribution in [1.29, 1.82) is 0 Å². The first kappa shape index (κ1) is 10.5. The lowest BCUT2D eigenvalue weighted by Crippen LogP contribution is -2.15. The van der Waals surface area contributed by atoms with Gasteiger partial charge < -0.3 is 4.74 Å². The molecule has 1 N–H and O–H groups in total. The smallest absolute Gasteiger partial charge is 0.305 e. The highest BCUT2D eigenvalue weighted by Gasteiger charge is 2.04. The molecule has 0 aromatic carbocycles. The zero-order chi connectivity index (χ0) is 8.69. The summed E-state index contributed by atoms with van der Waals surface area (Å²) in [5, 5.41) is 2.62. The van der Waals surface area contributed by atoms with Crippen molar-refractivity contribution < 1.29 is 14.3 Å². The summed E-state index contributed by atoms with van der Waals surface area (Å²) in [5.41, 5.74) is 0. The number of carbonyl (C=O) groups excluding carboxylic acids is 2. The van der Waals surface area contributed by atoms with Gasteiger partial charge in [0, 0.05) is 6.42 Å². The van der Waals surface area contributed by atoms with E-state index < -0.39 is 0 Å². The highest BCUT2D eigenvalue weighted by molar-refractivity contribution is 7.13. The molecule has 0 heterocycles. The summed E-state index contributed by atoms with van der Waals surface area (Å²) >= 11 is 0. The van der Waals surface area contributed by atoms with Crippen molar-refractivity contribution in [1.82, 2.24) is 5.09 Å². The van der Waals surface area contributed by atoms with Crippen LogP contribution in [0.3, 0.4) is 0 Å². The molecule has 4 nitrogen and oxygen atoms in total. The monoisotopic (exact) mass is 177 g/mol. The molecule has 0 aromatic rings. The zero-order valence-electron chi connectivity index (χ0n) is 6.42. The van der Waals surface area contributed by atoms with Gasteiger partial charge in [0.05, 0.1) is 20.1 Å². The molecular formula is C6H12NO3P. The molecule has 1 unspecified atom stereocenters. The van der Waals surface area contributed by atoms with Crippen LogP contribution < -0.4 is 5.09 Å². The Hall–Kier alpha value is -0.470. The average molecular weight is 177 g/mol. The quantitative estimate of drug-likeness (QED) is 0.470. The summed E-state index contributed by atoms with van der Waals surface area (Å²) in [6.07, 6.45) is 0.412. The third-order valence-electron chi connectivity index (χ3n) is 1.13. The SMILES string of the molecule is COC(=O)CCC(=O)CNP. The Morgan fingerprint density at radius 3 is 2.55 bits per heavy atom. The number of rotatable bonds is 5. The Morgan fingerprint density at radius 1 is 1.45 bits per heavy atom. The van der Waals surface area contributed by atoms with Gasteiger partial charge in [-0.1, -0.05) is 9.39 Å². The molecule has 5 heteroatoms. The van der Waals surface area contributed by atoms with E-state index >= 15 is 0 Å². The van der Waals surface area contributed by atoms with Crippen LogP contribution in [0.4, 0.5) is 0 Å². The molecule has 0 spiro atoms. The fourth-order valence-electron chi connectivity index (χ4n) is 0.546. The van der Waals surface area contributed by atoms with Crippen LogP contribution in [0.5, 0.6) is 0 Å². The third kappa shape index (κ3) is 5.95. The predicted octanol–water partition coefficient (Wildman–Crippen LogP) is -0.112. The number of nitrogens with one attached hydrogen (secondary N) is 1. The van der Waals surface area contributed by atoms with Gasteiger partial charge >= 0.3 is 5.97 Å². The van der Waals surface area contributed by atoms with E-state index in [1.54, 1.807) is 0 Å². The van der Waals surface area contributed by atoms with Crippen LogP contribution in [-0.2, 0) is 14.3 Å². The third-order valence-corrected chi connectivity index (χ3v) is 1.34. The maximum absolute atomic E-state index is 10.8. The van der Waals surface area contributed by atoms with Crippen LogP contribution in [0.15, 0.2) is 0 Å². The van der Waals surface area contributed by atoms with Gasteiger partial charge in [0.2, 0.25) is 0 Å². The lowest BCUT2D eigenvalue weighted by atomic mass is 10.2. The Kier molecular flexibility index (Phi) is 5.99. The van der Waals surface area contributed by atoms with Crippen molar-refractivity contribution in [3.63, 3.8) is 0 Å². The molecule has 0 amide bonds. The standard InChI is InChI=1S/C6H12NO3P/c1-10-6(9)3-2-5(8)4-7-11/h7H,2-4,11H2,1H3. The van der Waals surface area contributed by atoms with Crippen LogP contribution >= 0.6 is 9.39 Å². The van der Waals surface area contributed by atoms with E-state index in [4.69, 9.17) is 0 Å². The summed E-state index contributed by atoms with van der Waals surface area (Å²) < 4.78 is 4.36. The molecule has 0 aromatic heterocycles. The molecule has 64 valence electrons. The van der Waals surface area contributed by atoms with Crippen LogP contribution in [0.1, 0.15) is 12.8 Å². The Bertz CT molecular complexity index is 149. The number of methoxy groups -OCH3 is 1. The fourth-order valence-corrected chi connectivity index (χ4v) is 0.773. The molecule has 0 saturated heterocycles. The summed E-state index contributed by atoms with van der Waals surface area (Å²) in [5.74, 6) is -0.340. The van der Waals surface area contributed by atoms with Gasteiger partial charge in [-0.15, -0.1) is 0 Å². The van der Waals surface area contributed by atoms with Crippen LogP contribution in [0, 0.1) is 0 Å². The predicted molar refractivity (Wildman–Crippen MR) is 44.0 cm³/mol. The molecule has 0 bridgehead atoms. The molecule has 0 radical (unpaired) electrons. The summed E-state index contributed by atoms with van der Waals surface area (Å²) in [6, 6.07) is 0. The van der Waals surface area contributed by atoms with Crippen LogP contribution in [0.25, 0.3) is 0 Å². The second kappa shape index (κ2) is 6.25. The van der Waals surface area contributed by atoms with Crippen LogP contribution in [-0.4, -0.2) is 25.4 Å². The van der Waals surface area contributed by atoms with Gasteiger partial charge in [0.15, 0.2) is 0 Å². The number of hydrogen-bond donors (Lipinski definition) is 1. The topological polar surface area (TPSA) is 55.4 Å². The first-order chi connectivity index (χ1) is 5.20. The van der Waals surface area contributed by atoms with Crippen LogP contribution in [0.2, 0.25) is 0 Å². The molecule has 0 saturated carbocycles. The highest BCUT2D eigenvalue weighted by Crippen LogP contribution is 1.92. The summed E-state index contributed by atoms with van der Waals surface area (Å²) in [4.78, 5) is 21.3. The van der Waals surface area contributed by atoms with E-state index in [0.717, 1.165) is 0 Å². The largest absolute Gasteiger partial charge is 0.469 e. The van der Waals surface area contributed by atoms with Crippen molar-refractivity contribution in [3.05, 3.63) is 0 Å². The normalized spacial score (nSPS) is 9.27. The van der Waals surface area contributed by atoms with Crippen molar-refractivity contribution in [2.45, 2.75) is 12.8 Å². The Morgan fingerprint density at radius 2 is 2.09 bits per heavy atom. The van der Waals surface area contributed by atoms with Gasteiger partial charge in [-0.05, 0) is 0 Å². The zero-order valence-corrected chi connectivity index (χ0v) is 7.58. The lowest BCUT2D eigenvalue weighted by Gasteiger charge is -1.97.